The van der Waals surface area contributed by atoms with Gasteiger partial charge in [-0.05, 0) is 40.7 Å². The molecule has 0 spiro atoms. The van der Waals surface area contributed by atoms with Crippen molar-refractivity contribution < 1.29 is 4.57 Å². The molecule has 0 N–H and O–H groups in total. The number of thiazole rings is 1. The van der Waals surface area contributed by atoms with Crippen LogP contribution in [0.3, 0.4) is 0 Å². The van der Waals surface area contributed by atoms with Gasteiger partial charge in [0.05, 0.1) is 18.7 Å². The Labute approximate surface area is 117 Å². The largest absolute Gasteiger partial charge is 0.408 e. The minimum atomic E-state index is 0.589. The molecule has 0 aliphatic carbocycles. The lowest BCUT2D eigenvalue weighted by Gasteiger charge is -2.15. The summed E-state index contributed by atoms with van der Waals surface area (Å²) < 4.78 is 1.93. The third-order valence-electron chi connectivity index (χ3n) is 2.63. The molecular weight excluding hydrogens is 256 g/mol. The molecule has 0 aliphatic rings. The Morgan fingerprint density at radius 1 is 1.32 bits per heavy atom. The highest BCUT2D eigenvalue weighted by molar-refractivity contribution is 7.12. The summed E-state index contributed by atoms with van der Waals surface area (Å²) in [5, 5.41) is 11.3. The van der Waals surface area contributed by atoms with E-state index < -0.39 is 0 Å². The Hall–Kier alpha value is -2.19. The molecule has 0 amide bonds. The summed E-state index contributed by atoms with van der Waals surface area (Å²) in [7, 11) is 3.91. The number of terminal acetylenes is 1. The molecular formula is C14H15N4S+. The van der Waals surface area contributed by atoms with Crippen molar-refractivity contribution in [2.75, 3.05) is 18.5 Å². The summed E-state index contributed by atoms with van der Waals surface area (Å²) in [6.07, 6.45) is 7.24. The van der Waals surface area contributed by atoms with Gasteiger partial charge in [-0.3, -0.25) is 0 Å². The molecule has 1 aromatic heterocycles. The van der Waals surface area contributed by atoms with Crippen LogP contribution < -0.4 is 9.47 Å². The lowest BCUT2D eigenvalue weighted by atomic mass is 10.2. The quantitative estimate of drug-likeness (QED) is 0.478. The van der Waals surface area contributed by atoms with Gasteiger partial charge in [-0.25, -0.2) is 4.57 Å². The number of hydrogen-bond donors (Lipinski definition) is 0. The van der Waals surface area contributed by atoms with Crippen LogP contribution in [0.2, 0.25) is 0 Å². The maximum absolute atomic E-state index is 5.29. The van der Waals surface area contributed by atoms with Gasteiger partial charge in [0, 0.05) is 18.1 Å². The molecule has 2 rings (SSSR count). The first kappa shape index (κ1) is 13.2. The van der Waals surface area contributed by atoms with Crippen molar-refractivity contribution in [3.05, 3.63) is 35.8 Å². The first-order valence-electron chi connectivity index (χ1n) is 5.80. The van der Waals surface area contributed by atoms with Gasteiger partial charge in [-0.15, -0.1) is 6.42 Å². The topological polar surface area (TPSA) is 31.8 Å². The van der Waals surface area contributed by atoms with E-state index in [0.717, 1.165) is 16.5 Å². The highest BCUT2D eigenvalue weighted by Crippen LogP contribution is 2.21. The molecule has 0 atom stereocenters. The second-order valence-electron chi connectivity index (χ2n) is 4.07. The maximum atomic E-state index is 5.29. The SMILES string of the molecule is C#CCN(C)c1ccc(N=Nc2scc[n+]2C)cc1. The fraction of sp³-hybridized carbons (Fsp3) is 0.214. The van der Waals surface area contributed by atoms with Crippen LogP contribution in [-0.2, 0) is 7.05 Å². The number of aromatic nitrogens is 1. The molecule has 0 radical (unpaired) electrons. The Bertz CT molecular complexity index is 607. The third kappa shape index (κ3) is 3.39. The summed E-state index contributed by atoms with van der Waals surface area (Å²) >= 11 is 1.56. The average Bonchev–Trinajstić information content (AvgIpc) is 2.83. The van der Waals surface area contributed by atoms with E-state index in [1.807, 2.05) is 59.4 Å². The van der Waals surface area contributed by atoms with E-state index in [2.05, 4.69) is 16.1 Å². The Morgan fingerprint density at radius 3 is 2.63 bits per heavy atom. The number of anilines is 1. The molecule has 0 saturated heterocycles. The molecule has 96 valence electrons. The van der Waals surface area contributed by atoms with Crippen molar-refractivity contribution in [3.63, 3.8) is 0 Å². The fourth-order valence-electron chi connectivity index (χ4n) is 1.53. The van der Waals surface area contributed by atoms with Crippen LogP contribution in [0, 0.1) is 12.3 Å². The van der Waals surface area contributed by atoms with E-state index in [9.17, 15) is 0 Å². The van der Waals surface area contributed by atoms with Gasteiger partial charge in [-0.1, -0.05) is 5.92 Å². The molecule has 19 heavy (non-hydrogen) atoms. The molecule has 0 aliphatic heterocycles. The lowest BCUT2D eigenvalue weighted by molar-refractivity contribution is -0.654. The standard InChI is InChI=1S/C14H15N4S/c1-4-9-17(2)13-7-5-12(6-8-13)15-16-14-18(3)10-11-19-14/h1,5-8,10-11H,9H2,2-3H3/q+1. The fourth-order valence-corrected chi connectivity index (χ4v) is 2.21. The monoisotopic (exact) mass is 271 g/mol. The Balaban J connectivity index is 2.09. The van der Waals surface area contributed by atoms with Crippen LogP contribution in [0.15, 0.2) is 46.1 Å². The van der Waals surface area contributed by atoms with Crippen molar-refractivity contribution in [3.8, 4) is 12.3 Å². The summed E-state index contributed by atoms with van der Waals surface area (Å²) in [4.78, 5) is 2.00. The van der Waals surface area contributed by atoms with Crippen LogP contribution in [0.4, 0.5) is 16.5 Å². The second kappa shape index (κ2) is 6.12. The Kier molecular flexibility index (Phi) is 4.26. The van der Waals surface area contributed by atoms with E-state index >= 15 is 0 Å². The molecule has 2 aromatic rings. The van der Waals surface area contributed by atoms with Gasteiger partial charge in [0.25, 0.3) is 0 Å². The minimum Gasteiger partial charge on any atom is -0.363 e. The molecule has 0 bridgehead atoms. The van der Waals surface area contributed by atoms with Crippen molar-refractivity contribution in [2.45, 2.75) is 0 Å². The molecule has 1 aromatic carbocycles. The normalized spacial score (nSPS) is 10.6. The van der Waals surface area contributed by atoms with Gasteiger partial charge in [0.15, 0.2) is 0 Å². The molecule has 0 fully saturated rings. The summed E-state index contributed by atoms with van der Waals surface area (Å²) in [6, 6.07) is 7.83. The van der Waals surface area contributed by atoms with E-state index in [1.54, 1.807) is 11.3 Å². The van der Waals surface area contributed by atoms with Crippen molar-refractivity contribution in [1.82, 2.24) is 0 Å². The van der Waals surface area contributed by atoms with Crippen molar-refractivity contribution >= 4 is 27.8 Å². The van der Waals surface area contributed by atoms with E-state index in [4.69, 9.17) is 6.42 Å². The van der Waals surface area contributed by atoms with Crippen LogP contribution in [-0.4, -0.2) is 13.6 Å². The predicted molar refractivity (Wildman–Crippen MR) is 78.2 cm³/mol. The molecule has 0 saturated carbocycles. The zero-order valence-electron chi connectivity index (χ0n) is 10.9. The highest BCUT2D eigenvalue weighted by atomic mass is 32.1. The number of rotatable bonds is 4. The zero-order chi connectivity index (χ0) is 13.7. The minimum absolute atomic E-state index is 0.589. The highest BCUT2D eigenvalue weighted by Gasteiger charge is 2.07. The third-order valence-corrected chi connectivity index (χ3v) is 3.47. The molecule has 0 unspecified atom stereocenters. The first-order valence-corrected chi connectivity index (χ1v) is 6.68. The van der Waals surface area contributed by atoms with Gasteiger partial charge in [0.1, 0.15) is 11.9 Å². The maximum Gasteiger partial charge on any atom is 0.408 e. The predicted octanol–water partition coefficient (Wildman–Crippen LogP) is 3.06. The molecule has 5 heteroatoms. The van der Waals surface area contributed by atoms with Gasteiger partial charge >= 0.3 is 5.13 Å². The van der Waals surface area contributed by atoms with Gasteiger partial charge < -0.3 is 4.90 Å². The summed E-state index contributed by atoms with van der Waals surface area (Å²) in [5.41, 5.74) is 1.89. The molecule has 4 nitrogen and oxygen atoms in total. The average molecular weight is 271 g/mol. The van der Waals surface area contributed by atoms with E-state index in [0.29, 0.717) is 6.54 Å². The van der Waals surface area contributed by atoms with Gasteiger partial charge in [-0.2, -0.15) is 0 Å². The van der Waals surface area contributed by atoms with Gasteiger partial charge in [0.2, 0.25) is 0 Å². The van der Waals surface area contributed by atoms with E-state index in [-0.39, 0.29) is 0 Å². The lowest BCUT2D eigenvalue weighted by Crippen LogP contribution is -2.23. The number of aryl methyl sites for hydroxylation is 1. The summed E-state index contributed by atoms with van der Waals surface area (Å²) in [6.45, 7) is 0.589. The summed E-state index contributed by atoms with van der Waals surface area (Å²) in [5.74, 6) is 2.61. The van der Waals surface area contributed by atoms with Crippen LogP contribution >= 0.6 is 11.3 Å². The van der Waals surface area contributed by atoms with Crippen LogP contribution in [0.5, 0.6) is 0 Å². The first-order chi connectivity index (χ1) is 9.20. The van der Waals surface area contributed by atoms with E-state index in [1.165, 1.54) is 0 Å². The Morgan fingerprint density at radius 2 is 2.05 bits per heavy atom. The number of benzene rings is 1. The smallest absolute Gasteiger partial charge is 0.363 e. The molecule has 1 heterocycles. The number of hydrogen-bond acceptors (Lipinski definition) is 4. The van der Waals surface area contributed by atoms with Crippen molar-refractivity contribution in [1.29, 1.82) is 0 Å². The number of nitrogens with zero attached hydrogens (tertiary/aromatic N) is 4. The zero-order valence-corrected chi connectivity index (χ0v) is 11.8. The van der Waals surface area contributed by atoms with Crippen molar-refractivity contribution in [2.24, 2.45) is 17.3 Å². The number of azo groups is 1. The van der Waals surface area contributed by atoms with Crippen LogP contribution in [0.1, 0.15) is 0 Å². The van der Waals surface area contributed by atoms with Crippen LogP contribution in [0.25, 0.3) is 0 Å². The second-order valence-corrected chi connectivity index (χ2v) is 4.95.